The molecule has 2 aromatic heterocycles. The number of aliphatic hydroxyl groups excluding tert-OH is 1. The Bertz CT molecular complexity index is 1150. The molecule has 1 saturated heterocycles. The molecule has 2 aliphatic rings. The lowest BCUT2D eigenvalue weighted by Gasteiger charge is -2.41. The molecule has 0 radical (unpaired) electrons. The predicted molar refractivity (Wildman–Crippen MR) is 139 cm³/mol. The van der Waals surface area contributed by atoms with Crippen LogP contribution in [0.5, 0.6) is 0 Å². The second kappa shape index (κ2) is 13.0. The van der Waals surface area contributed by atoms with Crippen molar-refractivity contribution in [2.75, 3.05) is 72.0 Å². The molecule has 0 aromatic carbocycles. The fraction of sp³-hybridized carbons (Fsp3) is 0.500. The van der Waals surface area contributed by atoms with E-state index in [1.807, 2.05) is 12.1 Å². The Morgan fingerprint density at radius 2 is 1.05 bits per heavy atom. The van der Waals surface area contributed by atoms with Gasteiger partial charge in [0.15, 0.2) is 0 Å². The van der Waals surface area contributed by atoms with Crippen LogP contribution < -0.4 is 0 Å². The Balaban J connectivity index is 1.65. The second-order valence-electron chi connectivity index (χ2n) is 9.82. The van der Waals surface area contributed by atoms with E-state index in [-0.39, 0.29) is 19.6 Å². The molecular formula is C26H34N6O7. The van der Waals surface area contributed by atoms with Crippen LogP contribution in [0.4, 0.5) is 0 Å². The topological polar surface area (TPSA) is 171 Å². The van der Waals surface area contributed by atoms with Gasteiger partial charge in [-0.3, -0.25) is 44.0 Å². The van der Waals surface area contributed by atoms with Crippen LogP contribution in [0.3, 0.4) is 0 Å². The van der Waals surface area contributed by atoms with E-state index in [4.69, 9.17) is 0 Å². The van der Waals surface area contributed by atoms with Crippen molar-refractivity contribution in [1.29, 1.82) is 0 Å². The summed E-state index contributed by atoms with van der Waals surface area (Å²) in [5.41, 5.74) is 2.73. The van der Waals surface area contributed by atoms with Gasteiger partial charge in [0, 0.05) is 75.9 Å². The standard InChI is InChI=1S/C26H34N6O7/c33-20(34)15-29-7-9-30(16-21(35)36)11-13-32(14-12-31(10-8-29)17-22(37)38)25-18-3-1-5-27-23(18)24-19(26(25)39)4-2-6-28-24/h1-6,25-26,39H,7-17H2,(H,33,34)(H,35,36)(H,37,38)/t25-,26-/m0/s1. The molecule has 3 heterocycles. The quantitative estimate of drug-likeness (QED) is 0.360. The van der Waals surface area contributed by atoms with Gasteiger partial charge < -0.3 is 20.4 Å². The van der Waals surface area contributed by atoms with E-state index >= 15 is 0 Å². The molecule has 4 rings (SSSR count). The zero-order valence-electron chi connectivity index (χ0n) is 21.6. The smallest absolute Gasteiger partial charge is 0.317 e. The number of hydrogen-bond acceptors (Lipinski definition) is 10. The lowest BCUT2D eigenvalue weighted by atomic mass is 9.85. The summed E-state index contributed by atoms with van der Waals surface area (Å²) in [6.07, 6.45) is 2.40. The van der Waals surface area contributed by atoms with E-state index in [9.17, 15) is 34.8 Å². The fourth-order valence-electron chi connectivity index (χ4n) is 5.32. The van der Waals surface area contributed by atoms with Gasteiger partial charge >= 0.3 is 17.9 Å². The van der Waals surface area contributed by atoms with Gasteiger partial charge in [-0.15, -0.1) is 0 Å². The van der Waals surface area contributed by atoms with E-state index in [1.54, 1.807) is 39.2 Å². The molecule has 13 nitrogen and oxygen atoms in total. The van der Waals surface area contributed by atoms with Gasteiger partial charge in [0.1, 0.15) is 6.10 Å². The number of carboxylic acid groups (broad SMARTS) is 3. The molecule has 0 amide bonds. The summed E-state index contributed by atoms with van der Waals surface area (Å²) in [7, 11) is 0. The number of carbonyl (C=O) groups is 3. The number of aliphatic hydroxyl groups is 1. The number of pyridine rings is 2. The van der Waals surface area contributed by atoms with Crippen LogP contribution in [-0.2, 0) is 14.4 Å². The monoisotopic (exact) mass is 542 g/mol. The average molecular weight is 543 g/mol. The second-order valence-corrected chi connectivity index (χ2v) is 9.82. The number of carboxylic acids is 3. The van der Waals surface area contributed by atoms with Crippen LogP contribution in [0.25, 0.3) is 11.4 Å². The lowest BCUT2D eigenvalue weighted by molar-refractivity contribution is -0.140. The maximum absolute atomic E-state index is 11.6. The number of hydrogen-bond donors (Lipinski definition) is 4. The molecule has 2 atom stereocenters. The highest BCUT2D eigenvalue weighted by atomic mass is 16.4. The normalized spacial score (nSPS) is 22.2. The summed E-state index contributed by atoms with van der Waals surface area (Å²) in [5.74, 6) is -2.98. The minimum absolute atomic E-state index is 0.210. The Morgan fingerprint density at radius 3 is 1.49 bits per heavy atom. The van der Waals surface area contributed by atoms with Crippen molar-refractivity contribution in [2.45, 2.75) is 12.1 Å². The van der Waals surface area contributed by atoms with Crippen LogP contribution in [0.15, 0.2) is 36.7 Å². The molecule has 0 spiro atoms. The fourth-order valence-corrected chi connectivity index (χ4v) is 5.32. The first-order valence-electron chi connectivity index (χ1n) is 12.9. The Morgan fingerprint density at radius 1 is 0.667 bits per heavy atom. The Labute approximate surface area is 225 Å². The summed E-state index contributed by atoms with van der Waals surface area (Å²) in [6, 6.07) is 6.77. The molecule has 1 aliphatic carbocycles. The molecule has 2 aromatic rings. The first-order chi connectivity index (χ1) is 18.7. The highest BCUT2D eigenvalue weighted by Gasteiger charge is 2.38. The van der Waals surface area contributed by atoms with Gasteiger partial charge in [-0.1, -0.05) is 12.1 Å². The van der Waals surface area contributed by atoms with Crippen LogP contribution >= 0.6 is 0 Å². The van der Waals surface area contributed by atoms with Crippen LogP contribution in [0.2, 0.25) is 0 Å². The van der Waals surface area contributed by atoms with Crippen molar-refractivity contribution in [1.82, 2.24) is 29.6 Å². The van der Waals surface area contributed by atoms with E-state index in [0.717, 1.165) is 5.56 Å². The number of nitrogens with zero attached hydrogens (tertiary/aromatic N) is 6. The van der Waals surface area contributed by atoms with Crippen molar-refractivity contribution in [2.24, 2.45) is 0 Å². The third kappa shape index (κ3) is 7.34. The van der Waals surface area contributed by atoms with E-state index in [0.29, 0.717) is 69.3 Å². The molecule has 0 unspecified atom stereocenters. The van der Waals surface area contributed by atoms with Crippen molar-refractivity contribution in [3.63, 3.8) is 0 Å². The van der Waals surface area contributed by atoms with Gasteiger partial charge in [-0.25, -0.2) is 0 Å². The number of fused-ring (bicyclic) bond motifs is 3. The van der Waals surface area contributed by atoms with Crippen molar-refractivity contribution in [3.8, 4) is 11.4 Å². The van der Waals surface area contributed by atoms with Crippen LogP contribution in [0.1, 0.15) is 23.3 Å². The van der Waals surface area contributed by atoms with Gasteiger partial charge in [0.2, 0.25) is 0 Å². The highest BCUT2D eigenvalue weighted by Crippen LogP contribution is 2.45. The Kier molecular flexibility index (Phi) is 9.54. The zero-order valence-corrected chi connectivity index (χ0v) is 21.6. The Hall–Kier alpha value is -3.49. The number of aromatic nitrogens is 2. The first-order valence-corrected chi connectivity index (χ1v) is 12.9. The SMILES string of the molecule is O=C(O)CN1CCN(CC(=O)O)CCN([C@H]2c3cccnc3-c3ncccc3[C@@H]2O)CCN(CC(=O)O)CC1. The molecule has 210 valence electrons. The lowest BCUT2D eigenvalue weighted by Crippen LogP contribution is -2.49. The maximum atomic E-state index is 11.6. The molecule has 4 N–H and O–H groups in total. The van der Waals surface area contributed by atoms with Crippen molar-refractivity contribution in [3.05, 3.63) is 47.8 Å². The first kappa shape index (κ1) is 28.5. The van der Waals surface area contributed by atoms with Crippen LogP contribution in [-0.4, -0.2) is 140 Å². The number of rotatable bonds is 7. The highest BCUT2D eigenvalue weighted by molar-refractivity contribution is 5.70. The largest absolute Gasteiger partial charge is 0.480 e. The van der Waals surface area contributed by atoms with Gasteiger partial charge in [0.25, 0.3) is 0 Å². The predicted octanol–water partition coefficient (Wildman–Crippen LogP) is -0.293. The van der Waals surface area contributed by atoms with Gasteiger partial charge in [0.05, 0.1) is 37.1 Å². The summed E-state index contributed by atoms with van der Waals surface area (Å²) >= 11 is 0. The van der Waals surface area contributed by atoms with E-state index in [1.165, 1.54) is 0 Å². The van der Waals surface area contributed by atoms with Crippen molar-refractivity contribution >= 4 is 17.9 Å². The average Bonchev–Trinajstić information content (AvgIpc) is 2.89. The minimum Gasteiger partial charge on any atom is -0.480 e. The molecule has 1 fully saturated rings. The summed E-state index contributed by atoms with van der Waals surface area (Å²) in [6.45, 7) is 2.12. The van der Waals surface area contributed by atoms with Gasteiger partial charge in [-0.05, 0) is 12.1 Å². The van der Waals surface area contributed by atoms with Gasteiger partial charge in [-0.2, -0.15) is 0 Å². The van der Waals surface area contributed by atoms with Crippen molar-refractivity contribution < 1.29 is 34.8 Å². The molecule has 0 saturated carbocycles. The molecule has 13 heteroatoms. The minimum atomic E-state index is -1.00. The zero-order chi connectivity index (χ0) is 27.9. The summed E-state index contributed by atoms with van der Waals surface area (Å²) < 4.78 is 0. The van der Waals surface area contributed by atoms with E-state index in [2.05, 4.69) is 14.9 Å². The third-order valence-corrected chi connectivity index (χ3v) is 7.18. The molecule has 1 aliphatic heterocycles. The van der Waals surface area contributed by atoms with E-state index < -0.39 is 30.1 Å². The molecule has 0 bridgehead atoms. The summed E-state index contributed by atoms with van der Waals surface area (Å²) in [5, 5.41) is 39.9. The molecule has 39 heavy (non-hydrogen) atoms. The maximum Gasteiger partial charge on any atom is 0.317 e. The third-order valence-electron chi connectivity index (χ3n) is 7.18. The van der Waals surface area contributed by atoms with Crippen LogP contribution in [0, 0.1) is 0 Å². The molecular weight excluding hydrogens is 508 g/mol. The summed E-state index contributed by atoms with van der Waals surface area (Å²) in [4.78, 5) is 50.9. The number of aliphatic carboxylic acids is 3.